The number of hydrogen-bond acceptors (Lipinski definition) is 3. The number of nitrogens with zero attached hydrogens (tertiary/aromatic N) is 3. The Balaban J connectivity index is 1.64. The van der Waals surface area contributed by atoms with Gasteiger partial charge in [0.25, 0.3) is 0 Å². The maximum absolute atomic E-state index is 13.8. The van der Waals surface area contributed by atoms with E-state index in [0.717, 1.165) is 17.2 Å². The number of aromatic nitrogens is 1. The van der Waals surface area contributed by atoms with Crippen molar-refractivity contribution in [1.29, 1.82) is 0 Å². The van der Waals surface area contributed by atoms with E-state index < -0.39 is 17.7 Å². The minimum absolute atomic E-state index is 0.151. The fraction of sp³-hybridized carbons (Fsp3) is 0.240. The number of likely N-dealkylation sites (N-methyl/N-ethyl adjacent to an activating group) is 1. The monoisotopic (exact) mass is 435 g/mol. The number of benzene rings is 2. The second-order valence-electron chi connectivity index (χ2n) is 7.92. The summed E-state index contributed by atoms with van der Waals surface area (Å²) in [4.78, 5) is 33.4. The molecule has 0 spiro atoms. The first-order valence-electron chi connectivity index (χ1n) is 10.4. The zero-order valence-corrected chi connectivity index (χ0v) is 17.7. The number of rotatable bonds is 5. The summed E-state index contributed by atoms with van der Waals surface area (Å²) in [5.74, 6) is -1.65. The number of piperazine rings is 1. The van der Waals surface area contributed by atoms with Gasteiger partial charge in [-0.15, -0.1) is 0 Å². The Morgan fingerprint density at radius 3 is 2.53 bits per heavy atom. The van der Waals surface area contributed by atoms with Crippen LogP contribution in [-0.4, -0.2) is 52.8 Å². The summed E-state index contributed by atoms with van der Waals surface area (Å²) in [6.45, 7) is 0.869. The first-order valence-corrected chi connectivity index (χ1v) is 10.4. The van der Waals surface area contributed by atoms with Gasteiger partial charge in [-0.05, 0) is 40.5 Å². The van der Waals surface area contributed by atoms with Crippen LogP contribution >= 0.6 is 0 Å². The first kappa shape index (κ1) is 21.6. The minimum atomic E-state index is -0.697. The fourth-order valence-electron chi connectivity index (χ4n) is 4.08. The lowest BCUT2D eigenvalue weighted by Crippen LogP contribution is -2.58. The van der Waals surface area contributed by atoms with Crippen molar-refractivity contribution >= 4 is 11.8 Å². The van der Waals surface area contributed by atoms with Crippen LogP contribution in [0.3, 0.4) is 0 Å². The van der Waals surface area contributed by atoms with Gasteiger partial charge in [-0.3, -0.25) is 14.6 Å². The van der Waals surface area contributed by atoms with Crippen LogP contribution in [0.4, 0.5) is 8.78 Å². The maximum atomic E-state index is 13.8. The molecule has 1 aromatic heterocycles. The Morgan fingerprint density at radius 2 is 1.81 bits per heavy atom. The molecular weight excluding hydrogens is 412 g/mol. The summed E-state index contributed by atoms with van der Waals surface area (Å²) in [7, 11) is 1.71. The third-order valence-electron chi connectivity index (χ3n) is 5.72. The van der Waals surface area contributed by atoms with Gasteiger partial charge in [0.2, 0.25) is 11.8 Å². The van der Waals surface area contributed by atoms with Crippen LogP contribution in [0, 0.1) is 11.6 Å². The summed E-state index contributed by atoms with van der Waals surface area (Å²) in [5.41, 5.74) is 2.54. The summed E-state index contributed by atoms with van der Waals surface area (Å²) in [6.07, 6.45) is 3.68. The van der Waals surface area contributed by atoms with Crippen LogP contribution in [0.1, 0.15) is 11.1 Å². The quantitative estimate of drug-likeness (QED) is 0.617. The lowest BCUT2D eigenvalue weighted by Gasteiger charge is -2.39. The Bertz CT molecular complexity index is 1120. The second kappa shape index (κ2) is 9.26. The van der Waals surface area contributed by atoms with E-state index in [4.69, 9.17) is 0 Å². The Kier molecular flexibility index (Phi) is 6.25. The normalized spacial score (nSPS) is 16.3. The predicted octanol–water partition coefficient (Wildman–Crippen LogP) is 3.48. The molecule has 2 heterocycles. The summed E-state index contributed by atoms with van der Waals surface area (Å²) >= 11 is 0. The van der Waals surface area contributed by atoms with Crippen LogP contribution in [-0.2, 0) is 22.4 Å². The minimum Gasteiger partial charge on any atom is -0.342 e. The molecule has 1 aliphatic rings. The molecule has 3 aromatic rings. The number of carbonyl (C=O) groups is 2. The molecule has 1 atom stereocenters. The highest BCUT2D eigenvalue weighted by atomic mass is 19.1. The third-order valence-corrected chi connectivity index (χ3v) is 5.72. The maximum Gasteiger partial charge on any atom is 0.245 e. The molecule has 0 bridgehead atoms. The molecule has 7 heteroatoms. The standard InChI is InChI=1S/C25H23F2N3O2/c1-29-9-10-30(24(31)11-17-5-4-8-28-16-17)23(25(29)32)14-18-6-2-3-7-22(18)19-12-20(26)15-21(27)13-19/h2-8,12-13,15-16,23H,9-11,14H2,1H3/t23-/m0/s1. The average Bonchev–Trinajstić information content (AvgIpc) is 2.77. The Labute approximate surface area is 185 Å². The number of halogens is 2. The highest BCUT2D eigenvalue weighted by Gasteiger charge is 2.36. The lowest BCUT2D eigenvalue weighted by molar-refractivity contribution is -0.149. The first-order chi connectivity index (χ1) is 15.4. The van der Waals surface area contributed by atoms with Gasteiger partial charge in [0, 0.05) is 45.0 Å². The lowest BCUT2D eigenvalue weighted by atomic mass is 9.93. The molecule has 0 radical (unpaired) electrons. The zero-order valence-electron chi connectivity index (χ0n) is 17.7. The van der Waals surface area contributed by atoms with Gasteiger partial charge in [0.15, 0.2) is 0 Å². The molecule has 2 aromatic carbocycles. The van der Waals surface area contributed by atoms with Gasteiger partial charge >= 0.3 is 0 Å². The Hall–Kier alpha value is -3.61. The molecule has 164 valence electrons. The van der Waals surface area contributed by atoms with E-state index in [1.165, 1.54) is 12.1 Å². The topological polar surface area (TPSA) is 53.5 Å². The van der Waals surface area contributed by atoms with E-state index in [-0.39, 0.29) is 24.7 Å². The largest absolute Gasteiger partial charge is 0.342 e. The van der Waals surface area contributed by atoms with E-state index in [1.54, 1.807) is 47.4 Å². The van der Waals surface area contributed by atoms with E-state index >= 15 is 0 Å². The summed E-state index contributed by atoms with van der Waals surface area (Å²) < 4.78 is 27.7. The summed E-state index contributed by atoms with van der Waals surface area (Å²) in [5, 5.41) is 0. The number of hydrogen-bond donors (Lipinski definition) is 0. The third kappa shape index (κ3) is 4.66. The second-order valence-corrected chi connectivity index (χ2v) is 7.92. The average molecular weight is 435 g/mol. The van der Waals surface area contributed by atoms with Crippen molar-refractivity contribution < 1.29 is 18.4 Å². The zero-order chi connectivity index (χ0) is 22.7. The van der Waals surface area contributed by atoms with Crippen molar-refractivity contribution in [1.82, 2.24) is 14.8 Å². The van der Waals surface area contributed by atoms with E-state index in [9.17, 15) is 18.4 Å². The van der Waals surface area contributed by atoms with Crippen LogP contribution in [0.15, 0.2) is 67.0 Å². The van der Waals surface area contributed by atoms with Gasteiger partial charge < -0.3 is 9.80 Å². The highest BCUT2D eigenvalue weighted by molar-refractivity contribution is 5.90. The molecule has 0 N–H and O–H groups in total. The van der Waals surface area contributed by atoms with Crippen molar-refractivity contribution in [2.75, 3.05) is 20.1 Å². The molecule has 2 amide bonds. The molecule has 1 fully saturated rings. The van der Waals surface area contributed by atoms with Gasteiger partial charge in [0.05, 0.1) is 6.42 Å². The molecule has 1 saturated heterocycles. The van der Waals surface area contributed by atoms with E-state index in [1.807, 2.05) is 18.2 Å². The van der Waals surface area contributed by atoms with Gasteiger partial charge in [0.1, 0.15) is 17.7 Å². The molecule has 4 rings (SSSR count). The molecular formula is C25H23F2N3O2. The fourth-order valence-corrected chi connectivity index (χ4v) is 4.08. The predicted molar refractivity (Wildman–Crippen MR) is 117 cm³/mol. The number of pyridine rings is 1. The smallest absolute Gasteiger partial charge is 0.245 e. The molecule has 5 nitrogen and oxygen atoms in total. The number of carbonyl (C=O) groups excluding carboxylic acids is 2. The van der Waals surface area contributed by atoms with Crippen molar-refractivity contribution in [3.63, 3.8) is 0 Å². The van der Waals surface area contributed by atoms with Crippen LogP contribution in [0.2, 0.25) is 0 Å². The van der Waals surface area contributed by atoms with Crippen molar-refractivity contribution in [3.05, 3.63) is 89.8 Å². The molecule has 1 aliphatic heterocycles. The molecule has 0 unspecified atom stereocenters. The van der Waals surface area contributed by atoms with Crippen LogP contribution in [0.5, 0.6) is 0 Å². The van der Waals surface area contributed by atoms with Gasteiger partial charge in [-0.1, -0.05) is 30.3 Å². The number of amides is 2. The molecule has 0 aliphatic carbocycles. The van der Waals surface area contributed by atoms with Gasteiger partial charge in [-0.2, -0.15) is 0 Å². The van der Waals surface area contributed by atoms with E-state index in [0.29, 0.717) is 24.2 Å². The molecule has 0 saturated carbocycles. The van der Waals surface area contributed by atoms with Crippen molar-refractivity contribution in [2.45, 2.75) is 18.9 Å². The van der Waals surface area contributed by atoms with Crippen LogP contribution in [0.25, 0.3) is 11.1 Å². The summed E-state index contributed by atoms with van der Waals surface area (Å²) in [6, 6.07) is 13.4. The van der Waals surface area contributed by atoms with Crippen molar-refractivity contribution in [3.8, 4) is 11.1 Å². The van der Waals surface area contributed by atoms with E-state index in [2.05, 4.69) is 4.98 Å². The van der Waals surface area contributed by atoms with Crippen LogP contribution < -0.4 is 0 Å². The Morgan fingerprint density at radius 1 is 1.06 bits per heavy atom. The van der Waals surface area contributed by atoms with Gasteiger partial charge in [-0.25, -0.2) is 8.78 Å². The molecule has 32 heavy (non-hydrogen) atoms. The van der Waals surface area contributed by atoms with Crippen molar-refractivity contribution in [2.24, 2.45) is 0 Å². The highest BCUT2D eigenvalue weighted by Crippen LogP contribution is 2.28. The SMILES string of the molecule is CN1CCN(C(=O)Cc2cccnc2)[C@@H](Cc2ccccc2-c2cc(F)cc(F)c2)C1=O.